The van der Waals surface area contributed by atoms with Crippen molar-refractivity contribution in [3.63, 3.8) is 0 Å². The van der Waals surface area contributed by atoms with Crippen LogP contribution in [0.15, 0.2) is 0 Å². The standard InChI is InChI=1S/C11H21NO2S/c1-4-15(13,14)12-8-11(6-5-7-11)10(12)9(2)3/h9-10H,4-8H2,1-3H3. The molecule has 1 saturated heterocycles. The van der Waals surface area contributed by atoms with E-state index in [1.807, 2.05) is 0 Å². The third-order valence-corrected chi connectivity index (χ3v) is 5.91. The largest absolute Gasteiger partial charge is 0.214 e. The Balaban J connectivity index is 2.18. The van der Waals surface area contributed by atoms with Gasteiger partial charge in [-0.15, -0.1) is 0 Å². The molecule has 88 valence electrons. The summed E-state index contributed by atoms with van der Waals surface area (Å²) in [4.78, 5) is 0. The van der Waals surface area contributed by atoms with Crippen molar-refractivity contribution in [1.82, 2.24) is 4.31 Å². The zero-order valence-electron chi connectivity index (χ0n) is 9.86. The fourth-order valence-electron chi connectivity index (χ4n) is 3.26. The first-order valence-corrected chi connectivity index (χ1v) is 7.53. The molecule has 0 amide bonds. The summed E-state index contributed by atoms with van der Waals surface area (Å²) in [5, 5.41) is 0. The minimum atomic E-state index is -2.97. The second-order valence-electron chi connectivity index (χ2n) is 5.35. The van der Waals surface area contributed by atoms with E-state index in [0.29, 0.717) is 11.3 Å². The number of sulfonamides is 1. The summed E-state index contributed by atoms with van der Waals surface area (Å²) in [5.74, 6) is 0.687. The molecule has 1 saturated carbocycles. The summed E-state index contributed by atoms with van der Waals surface area (Å²) in [5.41, 5.74) is 0.358. The van der Waals surface area contributed by atoms with E-state index in [1.165, 1.54) is 19.3 Å². The first-order valence-electron chi connectivity index (χ1n) is 5.92. The van der Waals surface area contributed by atoms with E-state index >= 15 is 0 Å². The van der Waals surface area contributed by atoms with E-state index < -0.39 is 10.0 Å². The minimum Gasteiger partial charge on any atom is -0.212 e. The molecule has 1 spiro atoms. The lowest BCUT2D eigenvalue weighted by molar-refractivity contribution is -0.0961. The van der Waals surface area contributed by atoms with Crippen molar-refractivity contribution in [2.75, 3.05) is 12.3 Å². The Morgan fingerprint density at radius 2 is 2.00 bits per heavy atom. The fraction of sp³-hybridized carbons (Fsp3) is 1.00. The van der Waals surface area contributed by atoms with Gasteiger partial charge in [0.1, 0.15) is 0 Å². The van der Waals surface area contributed by atoms with Crippen LogP contribution in [0.2, 0.25) is 0 Å². The third-order valence-electron chi connectivity index (χ3n) is 4.11. The van der Waals surface area contributed by atoms with Crippen LogP contribution in [0.25, 0.3) is 0 Å². The summed E-state index contributed by atoms with van der Waals surface area (Å²) in [7, 11) is -2.97. The summed E-state index contributed by atoms with van der Waals surface area (Å²) in [6.07, 6.45) is 3.74. The molecule has 0 aromatic rings. The summed E-state index contributed by atoms with van der Waals surface area (Å²) in [6, 6.07) is 0.274. The second-order valence-corrected chi connectivity index (χ2v) is 7.56. The van der Waals surface area contributed by atoms with Gasteiger partial charge in [0.25, 0.3) is 0 Å². The number of rotatable bonds is 3. The number of nitrogens with zero attached hydrogens (tertiary/aromatic N) is 1. The summed E-state index contributed by atoms with van der Waals surface area (Å²) >= 11 is 0. The number of hydrogen-bond donors (Lipinski definition) is 0. The fourth-order valence-corrected chi connectivity index (χ4v) is 4.86. The van der Waals surface area contributed by atoms with Gasteiger partial charge < -0.3 is 0 Å². The normalized spacial score (nSPS) is 30.3. The van der Waals surface area contributed by atoms with Crippen molar-refractivity contribution >= 4 is 10.0 Å². The molecule has 3 nitrogen and oxygen atoms in total. The van der Waals surface area contributed by atoms with Crippen LogP contribution >= 0.6 is 0 Å². The highest BCUT2D eigenvalue weighted by molar-refractivity contribution is 7.89. The molecule has 2 fully saturated rings. The SMILES string of the molecule is CCS(=O)(=O)N1CC2(CCC2)C1C(C)C. The van der Waals surface area contributed by atoms with Crippen molar-refractivity contribution < 1.29 is 8.42 Å². The van der Waals surface area contributed by atoms with Crippen LogP contribution in [0.1, 0.15) is 40.0 Å². The average Bonchev–Trinajstić information content (AvgIpc) is 1.98. The van der Waals surface area contributed by atoms with Gasteiger partial charge in [-0.25, -0.2) is 8.42 Å². The zero-order valence-corrected chi connectivity index (χ0v) is 10.7. The molecule has 2 aliphatic rings. The molecule has 0 bridgehead atoms. The molecule has 1 aliphatic carbocycles. The summed E-state index contributed by atoms with van der Waals surface area (Å²) < 4.78 is 25.4. The van der Waals surface area contributed by atoms with Crippen molar-refractivity contribution in [2.24, 2.45) is 11.3 Å². The first kappa shape index (κ1) is 11.4. The van der Waals surface area contributed by atoms with E-state index in [2.05, 4.69) is 13.8 Å². The molecule has 15 heavy (non-hydrogen) atoms. The van der Waals surface area contributed by atoms with Crippen LogP contribution in [0.3, 0.4) is 0 Å². The molecule has 2 rings (SSSR count). The minimum absolute atomic E-state index is 0.242. The average molecular weight is 231 g/mol. The van der Waals surface area contributed by atoms with Crippen LogP contribution in [0.5, 0.6) is 0 Å². The van der Waals surface area contributed by atoms with Crippen LogP contribution < -0.4 is 0 Å². The van der Waals surface area contributed by atoms with Gasteiger partial charge in [0.05, 0.1) is 5.75 Å². The molecule has 1 heterocycles. The number of hydrogen-bond acceptors (Lipinski definition) is 2. The molecule has 0 N–H and O–H groups in total. The molecule has 1 unspecified atom stereocenters. The van der Waals surface area contributed by atoms with Crippen molar-refractivity contribution in [2.45, 2.75) is 46.1 Å². The van der Waals surface area contributed by atoms with Crippen LogP contribution in [0.4, 0.5) is 0 Å². The van der Waals surface area contributed by atoms with Gasteiger partial charge in [-0.1, -0.05) is 20.3 Å². The Labute approximate surface area is 92.9 Å². The molecule has 0 aromatic carbocycles. The van der Waals surface area contributed by atoms with Gasteiger partial charge in [0.15, 0.2) is 0 Å². The molecule has 1 atom stereocenters. The van der Waals surface area contributed by atoms with Gasteiger partial charge in [-0.05, 0) is 25.7 Å². The Morgan fingerprint density at radius 3 is 2.33 bits per heavy atom. The van der Waals surface area contributed by atoms with E-state index in [1.54, 1.807) is 11.2 Å². The quantitative estimate of drug-likeness (QED) is 0.743. The zero-order chi connectivity index (χ0) is 11.3. The van der Waals surface area contributed by atoms with Gasteiger partial charge in [0.2, 0.25) is 10.0 Å². The summed E-state index contributed by atoms with van der Waals surface area (Å²) in [6.45, 7) is 6.80. The predicted molar refractivity (Wildman–Crippen MR) is 61.1 cm³/mol. The van der Waals surface area contributed by atoms with Crippen LogP contribution in [-0.2, 0) is 10.0 Å². The lowest BCUT2D eigenvalue weighted by Gasteiger charge is -2.63. The highest BCUT2D eigenvalue weighted by Gasteiger charge is 2.59. The van der Waals surface area contributed by atoms with Crippen LogP contribution in [0, 0.1) is 11.3 Å². The maximum absolute atomic E-state index is 11.9. The Bertz CT molecular complexity index is 344. The lowest BCUT2D eigenvalue weighted by Crippen LogP contribution is -2.70. The lowest BCUT2D eigenvalue weighted by atomic mass is 9.57. The monoisotopic (exact) mass is 231 g/mol. The topological polar surface area (TPSA) is 37.4 Å². The maximum atomic E-state index is 11.9. The van der Waals surface area contributed by atoms with E-state index in [0.717, 1.165) is 6.54 Å². The molecular weight excluding hydrogens is 210 g/mol. The van der Waals surface area contributed by atoms with Crippen LogP contribution in [-0.4, -0.2) is 31.1 Å². The van der Waals surface area contributed by atoms with Crippen molar-refractivity contribution in [3.8, 4) is 0 Å². The van der Waals surface area contributed by atoms with E-state index in [4.69, 9.17) is 0 Å². The maximum Gasteiger partial charge on any atom is 0.214 e. The molecular formula is C11H21NO2S. The highest BCUT2D eigenvalue weighted by atomic mass is 32.2. The smallest absolute Gasteiger partial charge is 0.212 e. The Kier molecular flexibility index (Phi) is 2.62. The Hall–Kier alpha value is -0.0900. The third kappa shape index (κ3) is 1.53. The first-order chi connectivity index (χ1) is 6.93. The predicted octanol–water partition coefficient (Wildman–Crippen LogP) is 1.85. The van der Waals surface area contributed by atoms with E-state index in [-0.39, 0.29) is 11.8 Å². The van der Waals surface area contributed by atoms with Gasteiger partial charge in [0, 0.05) is 18.0 Å². The molecule has 0 aromatic heterocycles. The molecule has 0 radical (unpaired) electrons. The molecule has 1 aliphatic heterocycles. The van der Waals surface area contributed by atoms with Gasteiger partial charge in [-0.2, -0.15) is 4.31 Å². The van der Waals surface area contributed by atoms with E-state index in [9.17, 15) is 8.42 Å². The molecule has 4 heteroatoms. The van der Waals surface area contributed by atoms with Gasteiger partial charge in [-0.3, -0.25) is 0 Å². The van der Waals surface area contributed by atoms with Gasteiger partial charge >= 0.3 is 0 Å². The van der Waals surface area contributed by atoms with Crippen molar-refractivity contribution in [3.05, 3.63) is 0 Å². The Morgan fingerprint density at radius 1 is 1.40 bits per heavy atom. The second kappa shape index (κ2) is 3.45. The highest BCUT2D eigenvalue weighted by Crippen LogP contribution is 2.56. The van der Waals surface area contributed by atoms with Crippen molar-refractivity contribution in [1.29, 1.82) is 0 Å².